The molecule has 1 heterocycles. The summed E-state index contributed by atoms with van der Waals surface area (Å²) in [5.41, 5.74) is 0.759. The van der Waals surface area contributed by atoms with E-state index in [0.717, 1.165) is 0 Å². The van der Waals surface area contributed by atoms with E-state index in [4.69, 9.17) is 0 Å². The molecule has 7 nitrogen and oxygen atoms in total. The number of carbonyl (C=O) groups excluding carboxylic acids is 2. The minimum atomic E-state index is -0.545. The van der Waals surface area contributed by atoms with E-state index in [0.29, 0.717) is 5.69 Å². The predicted octanol–water partition coefficient (Wildman–Crippen LogP) is 1.27. The Bertz CT molecular complexity index is 494. The van der Waals surface area contributed by atoms with Crippen molar-refractivity contribution in [1.29, 1.82) is 0 Å². The lowest BCUT2D eigenvalue weighted by Gasteiger charge is -2.18. The quantitative estimate of drug-likeness (QED) is 0.822. The molecule has 0 bridgehead atoms. The Morgan fingerprint density at radius 3 is 2.25 bits per heavy atom. The SMILES string of the molecule is COC(=O)c1nnn(C(C)C(=O)NC(C)C)c1C(C)C. The van der Waals surface area contributed by atoms with Gasteiger partial charge in [-0.3, -0.25) is 4.79 Å². The second kappa shape index (κ2) is 6.49. The molecule has 1 rings (SSSR count). The largest absolute Gasteiger partial charge is 0.464 e. The molecule has 0 aromatic carbocycles. The fourth-order valence-electron chi connectivity index (χ4n) is 1.88. The van der Waals surface area contributed by atoms with E-state index in [1.807, 2.05) is 27.7 Å². The van der Waals surface area contributed by atoms with Crippen LogP contribution in [-0.2, 0) is 9.53 Å². The van der Waals surface area contributed by atoms with Crippen LogP contribution >= 0.6 is 0 Å². The van der Waals surface area contributed by atoms with Crippen LogP contribution in [0.3, 0.4) is 0 Å². The first-order chi connectivity index (χ1) is 9.29. The number of methoxy groups -OCH3 is 1. The van der Waals surface area contributed by atoms with Crippen LogP contribution in [0.1, 0.15) is 62.8 Å². The lowest BCUT2D eigenvalue weighted by Crippen LogP contribution is -2.36. The van der Waals surface area contributed by atoms with E-state index < -0.39 is 12.0 Å². The van der Waals surface area contributed by atoms with Crippen molar-refractivity contribution >= 4 is 11.9 Å². The van der Waals surface area contributed by atoms with Crippen LogP contribution in [0.2, 0.25) is 0 Å². The molecule has 0 saturated heterocycles. The minimum Gasteiger partial charge on any atom is -0.464 e. The van der Waals surface area contributed by atoms with Crippen molar-refractivity contribution in [1.82, 2.24) is 20.3 Å². The molecule has 1 amide bonds. The highest BCUT2D eigenvalue weighted by Crippen LogP contribution is 2.21. The monoisotopic (exact) mass is 282 g/mol. The third-order valence-corrected chi connectivity index (χ3v) is 2.83. The van der Waals surface area contributed by atoms with Crippen molar-refractivity contribution in [2.24, 2.45) is 0 Å². The van der Waals surface area contributed by atoms with Gasteiger partial charge in [0, 0.05) is 6.04 Å². The van der Waals surface area contributed by atoms with Crippen LogP contribution < -0.4 is 5.32 Å². The van der Waals surface area contributed by atoms with Crippen molar-refractivity contribution in [3.8, 4) is 0 Å². The van der Waals surface area contributed by atoms with Crippen LogP contribution in [-0.4, -0.2) is 40.0 Å². The molecule has 1 aromatic heterocycles. The molecule has 0 fully saturated rings. The van der Waals surface area contributed by atoms with Gasteiger partial charge in [-0.2, -0.15) is 0 Å². The average molecular weight is 282 g/mol. The summed E-state index contributed by atoms with van der Waals surface area (Å²) in [5.74, 6) is -0.715. The third kappa shape index (κ3) is 3.34. The van der Waals surface area contributed by atoms with Gasteiger partial charge in [0.15, 0.2) is 5.69 Å². The summed E-state index contributed by atoms with van der Waals surface area (Å²) < 4.78 is 6.17. The summed E-state index contributed by atoms with van der Waals surface area (Å²) >= 11 is 0. The molecule has 1 unspecified atom stereocenters. The molecule has 1 atom stereocenters. The number of ether oxygens (including phenoxy) is 1. The van der Waals surface area contributed by atoms with Gasteiger partial charge in [0.1, 0.15) is 6.04 Å². The van der Waals surface area contributed by atoms with Crippen LogP contribution in [0.25, 0.3) is 0 Å². The number of nitrogens with one attached hydrogen (secondary N) is 1. The summed E-state index contributed by atoms with van der Waals surface area (Å²) in [4.78, 5) is 23.7. The van der Waals surface area contributed by atoms with E-state index in [1.165, 1.54) is 11.8 Å². The zero-order chi connectivity index (χ0) is 15.4. The lowest BCUT2D eigenvalue weighted by atomic mass is 10.1. The number of hydrogen-bond acceptors (Lipinski definition) is 5. The highest BCUT2D eigenvalue weighted by Gasteiger charge is 2.27. The molecule has 1 aromatic rings. The van der Waals surface area contributed by atoms with Crippen molar-refractivity contribution < 1.29 is 14.3 Å². The maximum absolute atomic E-state index is 12.1. The molecule has 7 heteroatoms. The smallest absolute Gasteiger partial charge is 0.360 e. The molecule has 20 heavy (non-hydrogen) atoms. The topological polar surface area (TPSA) is 86.1 Å². The number of aromatic nitrogens is 3. The first-order valence-corrected chi connectivity index (χ1v) is 6.63. The van der Waals surface area contributed by atoms with Crippen molar-refractivity contribution in [2.75, 3.05) is 7.11 Å². The van der Waals surface area contributed by atoms with Crippen LogP contribution in [0, 0.1) is 0 Å². The molecule has 0 aliphatic carbocycles. The van der Waals surface area contributed by atoms with Gasteiger partial charge in [-0.25, -0.2) is 9.48 Å². The van der Waals surface area contributed by atoms with E-state index in [-0.39, 0.29) is 23.6 Å². The van der Waals surface area contributed by atoms with Gasteiger partial charge < -0.3 is 10.1 Å². The van der Waals surface area contributed by atoms with Crippen LogP contribution in [0.5, 0.6) is 0 Å². The van der Waals surface area contributed by atoms with Crippen molar-refractivity contribution in [3.63, 3.8) is 0 Å². The summed E-state index contributed by atoms with van der Waals surface area (Å²) in [6.07, 6.45) is 0. The van der Waals surface area contributed by atoms with Gasteiger partial charge in [0.05, 0.1) is 12.8 Å². The summed E-state index contributed by atoms with van der Waals surface area (Å²) in [6, 6.07) is -0.503. The van der Waals surface area contributed by atoms with E-state index in [9.17, 15) is 9.59 Å². The maximum atomic E-state index is 12.1. The second-order valence-electron chi connectivity index (χ2n) is 5.25. The standard InChI is InChI=1S/C13H22N4O3/c1-7(2)11-10(13(19)20-6)15-16-17(11)9(5)12(18)14-8(3)4/h7-9H,1-6H3,(H,14,18). The van der Waals surface area contributed by atoms with E-state index >= 15 is 0 Å². The normalized spacial score (nSPS) is 12.6. The fourth-order valence-corrected chi connectivity index (χ4v) is 1.88. The Kier molecular flexibility index (Phi) is 5.24. The van der Waals surface area contributed by atoms with Crippen molar-refractivity contribution in [2.45, 2.75) is 52.6 Å². The van der Waals surface area contributed by atoms with Gasteiger partial charge in [-0.05, 0) is 26.7 Å². The van der Waals surface area contributed by atoms with Crippen LogP contribution in [0.4, 0.5) is 0 Å². The molecule has 0 radical (unpaired) electrons. The molecular formula is C13H22N4O3. The van der Waals surface area contributed by atoms with E-state index in [1.54, 1.807) is 6.92 Å². The first-order valence-electron chi connectivity index (χ1n) is 6.63. The third-order valence-electron chi connectivity index (χ3n) is 2.83. The highest BCUT2D eigenvalue weighted by molar-refractivity contribution is 5.88. The average Bonchev–Trinajstić information content (AvgIpc) is 2.80. The predicted molar refractivity (Wildman–Crippen MR) is 73.4 cm³/mol. The van der Waals surface area contributed by atoms with Gasteiger partial charge in [0.2, 0.25) is 5.91 Å². The Morgan fingerprint density at radius 2 is 1.80 bits per heavy atom. The Hall–Kier alpha value is -1.92. The molecule has 1 N–H and O–H groups in total. The first kappa shape index (κ1) is 16.1. The fraction of sp³-hybridized carbons (Fsp3) is 0.692. The number of amides is 1. The molecular weight excluding hydrogens is 260 g/mol. The Morgan fingerprint density at radius 1 is 1.20 bits per heavy atom. The second-order valence-corrected chi connectivity index (χ2v) is 5.25. The zero-order valence-electron chi connectivity index (χ0n) is 12.8. The Labute approximate surface area is 118 Å². The molecule has 112 valence electrons. The van der Waals surface area contributed by atoms with E-state index in [2.05, 4.69) is 20.4 Å². The molecule has 0 saturated carbocycles. The number of carbonyl (C=O) groups is 2. The maximum Gasteiger partial charge on any atom is 0.360 e. The van der Waals surface area contributed by atoms with Crippen LogP contribution in [0.15, 0.2) is 0 Å². The van der Waals surface area contributed by atoms with Gasteiger partial charge in [0.25, 0.3) is 0 Å². The zero-order valence-corrected chi connectivity index (χ0v) is 12.8. The summed E-state index contributed by atoms with van der Waals surface area (Å²) in [6.45, 7) is 9.31. The summed E-state index contributed by atoms with van der Waals surface area (Å²) in [5, 5.41) is 10.6. The highest BCUT2D eigenvalue weighted by atomic mass is 16.5. The number of esters is 1. The van der Waals surface area contributed by atoms with Gasteiger partial charge in [-0.15, -0.1) is 5.10 Å². The minimum absolute atomic E-state index is 0.00611. The lowest BCUT2D eigenvalue weighted by molar-refractivity contribution is -0.124. The number of nitrogens with zero attached hydrogens (tertiary/aromatic N) is 3. The molecule has 0 spiro atoms. The number of hydrogen-bond donors (Lipinski definition) is 1. The van der Waals surface area contributed by atoms with Crippen molar-refractivity contribution in [3.05, 3.63) is 11.4 Å². The summed E-state index contributed by atoms with van der Waals surface area (Å²) in [7, 11) is 1.29. The number of rotatable bonds is 5. The van der Waals surface area contributed by atoms with Gasteiger partial charge >= 0.3 is 5.97 Å². The van der Waals surface area contributed by atoms with Gasteiger partial charge in [-0.1, -0.05) is 19.1 Å². The molecule has 0 aliphatic heterocycles. The Balaban J connectivity index is 3.15. The molecule has 0 aliphatic rings.